The van der Waals surface area contributed by atoms with Crippen LogP contribution in [-0.2, 0) is 16.1 Å². The first-order chi connectivity index (χ1) is 13.0. The Balaban J connectivity index is 2.11. The highest BCUT2D eigenvalue weighted by atomic mass is 19.1. The summed E-state index contributed by atoms with van der Waals surface area (Å²) in [5.74, 6) is -0.665. The zero-order valence-corrected chi connectivity index (χ0v) is 16.4. The zero-order chi connectivity index (χ0) is 20.6. The molecule has 0 unspecified atom stereocenters. The van der Waals surface area contributed by atoms with Crippen LogP contribution in [0.4, 0.5) is 4.39 Å². The fourth-order valence-corrected chi connectivity index (χ4v) is 3.03. The molecular formula is C20H21FN4O3. The molecule has 0 aliphatic carbocycles. The number of hydrogen-bond donors (Lipinski definition) is 0. The molecule has 3 rings (SSSR count). The fourth-order valence-electron chi connectivity index (χ4n) is 3.03. The number of hydrogen-bond acceptors (Lipinski definition) is 6. The second-order valence-electron chi connectivity index (χ2n) is 7.58. The summed E-state index contributed by atoms with van der Waals surface area (Å²) < 4.78 is 19.9. The van der Waals surface area contributed by atoms with E-state index < -0.39 is 17.6 Å². The van der Waals surface area contributed by atoms with Crippen molar-refractivity contribution in [2.45, 2.75) is 46.8 Å². The molecule has 0 N–H and O–H groups in total. The highest BCUT2D eigenvalue weighted by Gasteiger charge is 2.22. The number of benzene rings is 1. The van der Waals surface area contributed by atoms with Crippen molar-refractivity contribution in [1.82, 2.24) is 19.7 Å². The predicted octanol–water partition coefficient (Wildman–Crippen LogP) is 3.49. The third-order valence-electron chi connectivity index (χ3n) is 4.02. The van der Waals surface area contributed by atoms with E-state index in [2.05, 4.69) is 15.1 Å². The van der Waals surface area contributed by atoms with E-state index in [0.29, 0.717) is 16.5 Å². The second kappa shape index (κ2) is 7.10. The quantitative estimate of drug-likeness (QED) is 0.389. The number of carbonyl (C=O) groups excluding carboxylic acids is 2. The van der Waals surface area contributed by atoms with Gasteiger partial charge in [-0.1, -0.05) is 0 Å². The number of halogens is 1. The van der Waals surface area contributed by atoms with Crippen molar-refractivity contribution in [2.24, 2.45) is 0 Å². The van der Waals surface area contributed by atoms with Crippen LogP contribution in [-0.4, -0.2) is 37.1 Å². The Labute approximate surface area is 161 Å². The number of rotatable bonds is 4. The van der Waals surface area contributed by atoms with Crippen molar-refractivity contribution < 1.29 is 18.7 Å². The van der Waals surface area contributed by atoms with E-state index >= 15 is 0 Å². The van der Waals surface area contributed by atoms with Crippen molar-refractivity contribution in [3.8, 4) is 11.1 Å². The average Bonchev–Trinajstić information content (AvgIpc) is 2.92. The monoisotopic (exact) mass is 384 g/mol. The summed E-state index contributed by atoms with van der Waals surface area (Å²) in [5.41, 5.74) is 2.45. The lowest BCUT2D eigenvalue weighted by atomic mass is 10.0. The maximum Gasteiger partial charge on any atom is 0.328 e. The maximum atomic E-state index is 13.0. The molecule has 0 amide bonds. The maximum absolute atomic E-state index is 13.0. The first kappa shape index (κ1) is 19.6. The standard InChI is InChI=1S/C20H21FN4O3/c1-11-6-13(14-8-22-19(21)23-9-14)7-15-17(12(2)26)24-25(18(11)15)10-16(27)28-20(3,4)5/h6-9H,10H2,1-5H3. The van der Waals surface area contributed by atoms with Gasteiger partial charge in [-0.15, -0.1) is 0 Å². The summed E-state index contributed by atoms with van der Waals surface area (Å²) in [4.78, 5) is 31.5. The minimum atomic E-state index is -0.809. The van der Waals surface area contributed by atoms with Crippen LogP contribution in [0.15, 0.2) is 24.5 Å². The van der Waals surface area contributed by atoms with Gasteiger partial charge in [-0.2, -0.15) is 9.49 Å². The molecule has 7 nitrogen and oxygen atoms in total. The Kier molecular flexibility index (Phi) is 4.97. The largest absolute Gasteiger partial charge is 0.459 e. The third kappa shape index (κ3) is 4.05. The van der Waals surface area contributed by atoms with Gasteiger partial charge in [0.05, 0.1) is 5.52 Å². The number of carbonyl (C=O) groups is 2. The van der Waals surface area contributed by atoms with E-state index in [1.165, 1.54) is 24.0 Å². The van der Waals surface area contributed by atoms with E-state index in [4.69, 9.17) is 4.74 Å². The van der Waals surface area contributed by atoms with Crippen LogP contribution < -0.4 is 0 Å². The first-order valence-corrected chi connectivity index (χ1v) is 8.77. The third-order valence-corrected chi connectivity index (χ3v) is 4.02. The summed E-state index contributed by atoms with van der Waals surface area (Å²) in [5, 5.41) is 4.95. The Morgan fingerprint density at radius 2 is 1.79 bits per heavy atom. The first-order valence-electron chi connectivity index (χ1n) is 8.77. The summed E-state index contributed by atoms with van der Waals surface area (Å²) in [6.45, 7) is 8.52. The van der Waals surface area contributed by atoms with Crippen molar-refractivity contribution in [2.75, 3.05) is 0 Å². The lowest BCUT2D eigenvalue weighted by Crippen LogP contribution is -2.27. The number of esters is 1. The molecule has 0 fully saturated rings. The van der Waals surface area contributed by atoms with Gasteiger partial charge in [0.1, 0.15) is 17.8 Å². The van der Waals surface area contributed by atoms with Gasteiger partial charge in [-0.25, -0.2) is 9.97 Å². The van der Waals surface area contributed by atoms with Gasteiger partial charge in [0, 0.05) is 30.3 Å². The van der Waals surface area contributed by atoms with E-state index in [1.54, 1.807) is 26.8 Å². The molecule has 146 valence electrons. The number of aryl methyl sites for hydroxylation is 1. The summed E-state index contributed by atoms with van der Waals surface area (Å²) in [7, 11) is 0. The molecule has 0 saturated carbocycles. The van der Waals surface area contributed by atoms with Crippen LogP contribution >= 0.6 is 0 Å². The molecule has 8 heteroatoms. The summed E-state index contributed by atoms with van der Waals surface area (Å²) in [6.07, 6.45) is 1.94. The Morgan fingerprint density at radius 3 is 2.36 bits per heavy atom. The number of aromatic nitrogens is 4. The van der Waals surface area contributed by atoms with Crippen LogP contribution in [0.5, 0.6) is 0 Å². The minimum Gasteiger partial charge on any atom is -0.459 e. The van der Waals surface area contributed by atoms with Crippen LogP contribution in [0.2, 0.25) is 0 Å². The van der Waals surface area contributed by atoms with Gasteiger partial charge in [-0.05, 0) is 51.0 Å². The van der Waals surface area contributed by atoms with Crippen molar-refractivity contribution >= 4 is 22.7 Å². The molecule has 1 aromatic carbocycles. The molecule has 0 spiro atoms. The van der Waals surface area contributed by atoms with Crippen molar-refractivity contribution in [3.63, 3.8) is 0 Å². The molecule has 2 heterocycles. The molecule has 0 aliphatic heterocycles. The zero-order valence-electron chi connectivity index (χ0n) is 16.4. The molecule has 0 atom stereocenters. The lowest BCUT2D eigenvalue weighted by Gasteiger charge is -2.19. The molecule has 0 bridgehead atoms. The molecule has 3 aromatic rings. The van der Waals surface area contributed by atoms with E-state index in [0.717, 1.165) is 11.1 Å². The van der Waals surface area contributed by atoms with Crippen LogP contribution in [0.3, 0.4) is 0 Å². The highest BCUT2D eigenvalue weighted by Crippen LogP contribution is 2.29. The van der Waals surface area contributed by atoms with Gasteiger partial charge in [-0.3, -0.25) is 14.3 Å². The van der Waals surface area contributed by atoms with Crippen molar-refractivity contribution in [1.29, 1.82) is 0 Å². The molecule has 2 aromatic heterocycles. The van der Waals surface area contributed by atoms with Crippen LogP contribution in [0.1, 0.15) is 43.7 Å². The number of Topliss-reactive ketones (excluding diaryl/α,β-unsaturated/α-hetero) is 1. The number of nitrogens with zero attached hydrogens (tertiary/aromatic N) is 4. The SMILES string of the molecule is CC(=O)c1nn(CC(=O)OC(C)(C)C)c2c(C)cc(-c3cnc(F)nc3)cc12. The molecule has 0 aliphatic rings. The van der Waals surface area contributed by atoms with Crippen LogP contribution in [0, 0.1) is 13.0 Å². The molecule has 0 radical (unpaired) electrons. The Bertz CT molecular complexity index is 1070. The Morgan fingerprint density at radius 1 is 1.14 bits per heavy atom. The number of fused-ring (bicyclic) bond motifs is 1. The average molecular weight is 384 g/mol. The normalized spacial score (nSPS) is 11.6. The minimum absolute atomic E-state index is 0.110. The highest BCUT2D eigenvalue weighted by molar-refractivity contribution is 6.06. The Hall–Kier alpha value is -3.16. The number of ketones is 1. The van der Waals surface area contributed by atoms with Gasteiger partial charge >= 0.3 is 12.0 Å². The van der Waals surface area contributed by atoms with E-state index in [9.17, 15) is 14.0 Å². The molecule has 28 heavy (non-hydrogen) atoms. The smallest absolute Gasteiger partial charge is 0.328 e. The second-order valence-corrected chi connectivity index (χ2v) is 7.58. The topological polar surface area (TPSA) is 87.0 Å². The van der Waals surface area contributed by atoms with Crippen molar-refractivity contribution in [3.05, 3.63) is 41.9 Å². The van der Waals surface area contributed by atoms with E-state index in [1.807, 2.05) is 13.0 Å². The molecular weight excluding hydrogens is 363 g/mol. The van der Waals surface area contributed by atoms with E-state index in [-0.39, 0.29) is 18.0 Å². The lowest BCUT2D eigenvalue weighted by molar-refractivity contribution is -0.155. The van der Waals surface area contributed by atoms with Gasteiger partial charge in [0.15, 0.2) is 5.78 Å². The summed E-state index contributed by atoms with van der Waals surface area (Å²) in [6, 6.07) is 3.63. The predicted molar refractivity (Wildman–Crippen MR) is 101 cm³/mol. The fraction of sp³-hybridized carbons (Fsp3) is 0.350. The van der Waals surface area contributed by atoms with Gasteiger partial charge in [0.25, 0.3) is 0 Å². The number of ether oxygens (including phenoxy) is 1. The van der Waals surface area contributed by atoms with Gasteiger partial charge in [0.2, 0.25) is 0 Å². The van der Waals surface area contributed by atoms with Gasteiger partial charge < -0.3 is 4.74 Å². The van der Waals surface area contributed by atoms with Crippen LogP contribution in [0.25, 0.3) is 22.0 Å². The summed E-state index contributed by atoms with van der Waals surface area (Å²) >= 11 is 0. The molecule has 0 saturated heterocycles.